The number of pyridine rings is 1. The normalized spacial score (nSPS) is 20.5. The first-order valence-corrected chi connectivity index (χ1v) is 13.9. The Kier molecular flexibility index (Phi) is 6.85. The maximum Gasteiger partial charge on any atom is 0.330 e. The van der Waals surface area contributed by atoms with Gasteiger partial charge in [-0.15, -0.1) is 0 Å². The number of hydrogen-bond donors (Lipinski definition) is 1. The van der Waals surface area contributed by atoms with E-state index in [1.165, 1.54) is 0 Å². The summed E-state index contributed by atoms with van der Waals surface area (Å²) in [6.07, 6.45) is 2.40. The van der Waals surface area contributed by atoms with E-state index in [9.17, 15) is 13.2 Å². The summed E-state index contributed by atoms with van der Waals surface area (Å²) in [5.41, 5.74) is 2.08. The van der Waals surface area contributed by atoms with Crippen molar-refractivity contribution in [1.29, 1.82) is 0 Å². The van der Waals surface area contributed by atoms with Gasteiger partial charge in [0.2, 0.25) is 10.0 Å². The fourth-order valence-electron chi connectivity index (χ4n) is 5.07. The number of fused-ring (bicyclic) bond motifs is 1. The number of aryl methyl sites for hydroxylation is 1. The maximum atomic E-state index is 13.2. The van der Waals surface area contributed by atoms with Crippen LogP contribution in [0.2, 0.25) is 0 Å². The molecule has 1 aliphatic carbocycles. The van der Waals surface area contributed by atoms with Crippen molar-refractivity contribution in [3.63, 3.8) is 0 Å². The van der Waals surface area contributed by atoms with Crippen LogP contribution in [0.1, 0.15) is 65.5 Å². The van der Waals surface area contributed by atoms with Crippen LogP contribution in [0.4, 0.5) is 0 Å². The van der Waals surface area contributed by atoms with Gasteiger partial charge in [-0.2, -0.15) is 0 Å². The van der Waals surface area contributed by atoms with Gasteiger partial charge in [-0.05, 0) is 66.5 Å². The van der Waals surface area contributed by atoms with Gasteiger partial charge in [0.25, 0.3) is 0 Å². The summed E-state index contributed by atoms with van der Waals surface area (Å²) in [4.78, 5) is 18.1. The summed E-state index contributed by atoms with van der Waals surface area (Å²) in [6, 6.07) is 10.2. The molecule has 1 fully saturated rings. The Morgan fingerprint density at radius 3 is 2.42 bits per heavy atom. The van der Waals surface area contributed by atoms with E-state index >= 15 is 0 Å². The molecule has 0 spiro atoms. The Labute approximate surface area is 213 Å². The fourth-order valence-corrected chi connectivity index (χ4v) is 6.49. The van der Waals surface area contributed by atoms with Crippen molar-refractivity contribution < 1.29 is 13.2 Å². The van der Waals surface area contributed by atoms with E-state index in [1.54, 1.807) is 47.6 Å². The topological polar surface area (TPSA) is 95.2 Å². The molecular formula is C27H38N4O4S. The van der Waals surface area contributed by atoms with Crippen molar-refractivity contribution in [2.24, 2.45) is 17.9 Å². The number of aromatic nitrogens is 3. The highest BCUT2D eigenvalue weighted by atomic mass is 32.2. The molecule has 1 N–H and O–H groups in total. The average Bonchev–Trinajstić information content (AvgIpc) is 3.03. The number of ether oxygens (including phenoxy) is 1. The average molecular weight is 515 g/mol. The molecule has 0 bridgehead atoms. The first-order chi connectivity index (χ1) is 16.7. The van der Waals surface area contributed by atoms with Gasteiger partial charge in [0.1, 0.15) is 5.75 Å². The molecule has 3 aromatic rings. The maximum absolute atomic E-state index is 13.2. The summed E-state index contributed by atoms with van der Waals surface area (Å²) < 4.78 is 37.9. The van der Waals surface area contributed by atoms with Crippen LogP contribution in [0, 0.1) is 10.8 Å². The van der Waals surface area contributed by atoms with Crippen LogP contribution in [-0.4, -0.2) is 35.7 Å². The van der Waals surface area contributed by atoms with Crippen molar-refractivity contribution in [2.75, 3.05) is 7.11 Å². The van der Waals surface area contributed by atoms with Gasteiger partial charge in [0.05, 0.1) is 17.5 Å². The Hall–Kier alpha value is -2.65. The molecule has 2 atom stereocenters. The number of sulfonamides is 1. The van der Waals surface area contributed by atoms with E-state index in [1.807, 2.05) is 12.1 Å². The highest BCUT2D eigenvalue weighted by molar-refractivity contribution is 7.89. The predicted octanol–water partition coefficient (Wildman–Crippen LogP) is 4.43. The molecule has 1 aromatic carbocycles. The highest BCUT2D eigenvalue weighted by Crippen LogP contribution is 2.43. The molecule has 196 valence electrons. The van der Waals surface area contributed by atoms with Gasteiger partial charge in [0.15, 0.2) is 5.65 Å². The van der Waals surface area contributed by atoms with Crippen LogP contribution in [-0.2, 0) is 23.6 Å². The molecule has 8 nitrogen and oxygen atoms in total. The molecule has 2 aromatic heterocycles. The SMILES string of the molecule is COc1ccc(S(=O)(=O)NC2CC(c3ccc4c(n3)n(C)c(=O)n4CC(C)(C)C)CCC2(C)C)cc1. The molecule has 2 unspecified atom stereocenters. The lowest BCUT2D eigenvalue weighted by atomic mass is 9.69. The third-order valence-corrected chi connectivity index (χ3v) is 8.81. The van der Waals surface area contributed by atoms with Gasteiger partial charge in [0, 0.05) is 31.2 Å². The molecule has 1 aliphatic rings. The Balaban J connectivity index is 1.62. The number of rotatable bonds is 6. The van der Waals surface area contributed by atoms with Crippen molar-refractivity contribution in [1.82, 2.24) is 18.8 Å². The minimum Gasteiger partial charge on any atom is -0.497 e. The molecule has 0 amide bonds. The monoisotopic (exact) mass is 514 g/mol. The number of nitrogens with one attached hydrogen (secondary N) is 1. The zero-order valence-electron chi connectivity index (χ0n) is 22.3. The molecule has 9 heteroatoms. The van der Waals surface area contributed by atoms with Gasteiger partial charge >= 0.3 is 5.69 Å². The third-order valence-electron chi connectivity index (χ3n) is 7.32. The zero-order valence-corrected chi connectivity index (χ0v) is 23.1. The lowest BCUT2D eigenvalue weighted by Crippen LogP contribution is -2.48. The molecule has 1 saturated carbocycles. The number of imidazole rings is 1. The smallest absolute Gasteiger partial charge is 0.330 e. The van der Waals surface area contributed by atoms with E-state index in [0.717, 1.165) is 24.1 Å². The van der Waals surface area contributed by atoms with E-state index in [0.29, 0.717) is 24.4 Å². The summed E-state index contributed by atoms with van der Waals surface area (Å²) in [5.74, 6) is 0.700. The van der Waals surface area contributed by atoms with Crippen LogP contribution < -0.4 is 15.1 Å². The van der Waals surface area contributed by atoms with Gasteiger partial charge < -0.3 is 4.74 Å². The lowest BCUT2D eigenvalue weighted by Gasteiger charge is -2.42. The number of methoxy groups -OCH3 is 1. The van der Waals surface area contributed by atoms with Gasteiger partial charge in [-0.25, -0.2) is 22.9 Å². The van der Waals surface area contributed by atoms with Crippen molar-refractivity contribution in [3.8, 4) is 5.75 Å². The van der Waals surface area contributed by atoms with Gasteiger partial charge in [-0.3, -0.25) is 9.13 Å². The molecule has 2 heterocycles. The first-order valence-electron chi connectivity index (χ1n) is 12.4. The van der Waals surface area contributed by atoms with Crippen molar-refractivity contribution in [3.05, 3.63) is 52.6 Å². The Bertz CT molecular complexity index is 1410. The van der Waals surface area contributed by atoms with E-state index in [4.69, 9.17) is 9.72 Å². The van der Waals surface area contributed by atoms with Gasteiger partial charge in [-0.1, -0.05) is 34.6 Å². The molecule has 4 rings (SSSR count). The summed E-state index contributed by atoms with van der Waals surface area (Å²) >= 11 is 0. The minimum atomic E-state index is -3.70. The van der Waals surface area contributed by atoms with Crippen molar-refractivity contribution >= 4 is 21.2 Å². The van der Waals surface area contributed by atoms with Crippen LogP contribution >= 0.6 is 0 Å². The predicted molar refractivity (Wildman–Crippen MR) is 142 cm³/mol. The second-order valence-corrected chi connectivity index (χ2v) is 13.6. The largest absolute Gasteiger partial charge is 0.497 e. The number of benzene rings is 1. The quantitative estimate of drug-likeness (QED) is 0.525. The molecule has 0 radical (unpaired) electrons. The summed E-state index contributed by atoms with van der Waals surface area (Å²) in [7, 11) is -0.386. The summed E-state index contributed by atoms with van der Waals surface area (Å²) in [6.45, 7) is 11.1. The van der Waals surface area contributed by atoms with Crippen LogP contribution in [0.15, 0.2) is 46.1 Å². The third kappa shape index (κ3) is 5.22. The number of nitrogens with zero attached hydrogens (tertiary/aromatic N) is 3. The molecule has 0 aliphatic heterocycles. The van der Waals surface area contributed by atoms with E-state index in [-0.39, 0.29) is 33.4 Å². The minimum absolute atomic E-state index is 0.0417. The van der Waals surface area contributed by atoms with E-state index in [2.05, 4.69) is 39.3 Å². The highest BCUT2D eigenvalue weighted by Gasteiger charge is 2.40. The Morgan fingerprint density at radius 2 is 1.81 bits per heavy atom. The zero-order chi connectivity index (χ0) is 26.5. The van der Waals surface area contributed by atoms with E-state index < -0.39 is 10.0 Å². The van der Waals surface area contributed by atoms with Crippen molar-refractivity contribution in [2.45, 2.75) is 77.3 Å². The molecule has 0 saturated heterocycles. The molecular weight excluding hydrogens is 476 g/mol. The number of hydrogen-bond acceptors (Lipinski definition) is 5. The lowest BCUT2D eigenvalue weighted by molar-refractivity contribution is 0.170. The molecule has 36 heavy (non-hydrogen) atoms. The van der Waals surface area contributed by atoms with Crippen LogP contribution in [0.25, 0.3) is 11.2 Å². The standard InChI is InChI=1S/C27H38N4O4S/c1-26(2,3)17-31-22-13-12-21(28-24(22)30(6)25(31)32)18-14-15-27(4,5)23(16-18)29-36(33,34)20-10-8-19(35-7)9-11-20/h8-13,18,23,29H,14-17H2,1-7H3. The van der Waals surface area contributed by atoms with Crippen LogP contribution in [0.3, 0.4) is 0 Å². The summed E-state index contributed by atoms with van der Waals surface area (Å²) in [5, 5.41) is 0. The fraction of sp³-hybridized carbons (Fsp3) is 0.556. The Morgan fingerprint density at radius 1 is 1.14 bits per heavy atom. The second-order valence-electron chi connectivity index (χ2n) is 11.9. The first kappa shape index (κ1) is 26.4. The second kappa shape index (κ2) is 9.34. The van der Waals surface area contributed by atoms with Crippen LogP contribution in [0.5, 0.6) is 5.75 Å².